The van der Waals surface area contributed by atoms with Gasteiger partial charge in [-0.05, 0) is 30.2 Å². The van der Waals surface area contributed by atoms with Crippen molar-refractivity contribution in [3.05, 3.63) is 65.7 Å². The maximum absolute atomic E-state index is 11.7. The number of phenols is 1. The molecule has 0 aliphatic carbocycles. The van der Waals surface area contributed by atoms with E-state index < -0.39 is 0 Å². The van der Waals surface area contributed by atoms with E-state index in [4.69, 9.17) is 0 Å². The predicted octanol–water partition coefficient (Wildman–Crippen LogP) is 1.79. The van der Waals surface area contributed by atoms with Crippen molar-refractivity contribution < 1.29 is 14.7 Å². The van der Waals surface area contributed by atoms with Crippen LogP contribution in [-0.2, 0) is 11.2 Å². The molecule has 3 N–H and O–H groups in total. The van der Waals surface area contributed by atoms with Crippen LogP contribution in [0, 0.1) is 0 Å². The molecule has 21 heavy (non-hydrogen) atoms. The molecule has 0 saturated heterocycles. The first-order chi connectivity index (χ1) is 10.2. The Balaban J connectivity index is 1.78. The Kier molecular flexibility index (Phi) is 4.93. The van der Waals surface area contributed by atoms with Gasteiger partial charge < -0.3 is 5.11 Å². The van der Waals surface area contributed by atoms with Crippen LogP contribution in [0.15, 0.2) is 54.6 Å². The normalized spacial score (nSPS) is 9.90. The van der Waals surface area contributed by atoms with E-state index in [1.807, 2.05) is 6.07 Å². The summed E-state index contributed by atoms with van der Waals surface area (Å²) in [6, 6.07) is 15.5. The smallest absolute Gasteiger partial charge is 0.269 e. The number of amides is 2. The van der Waals surface area contributed by atoms with Gasteiger partial charge in [0.25, 0.3) is 5.91 Å². The SMILES string of the molecule is O=C(CCc1ccccc1O)NNC(=O)c1ccccc1. The zero-order chi connectivity index (χ0) is 15.1. The molecule has 2 rings (SSSR count). The van der Waals surface area contributed by atoms with Gasteiger partial charge in [-0.25, -0.2) is 0 Å². The van der Waals surface area contributed by atoms with Crippen LogP contribution < -0.4 is 10.9 Å². The molecule has 5 nitrogen and oxygen atoms in total. The Bertz CT molecular complexity index is 626. The zero-order valence-corrected chi connectivity index (χ0v) is 11.4. The standard InChI is InChI=1S/C16H16N2O3/c19-14-9-5-4-6-12(14)10-11-15(20)17-18-16(21)13-7-2-1-3-8-13/h1-9,19H,10-11H2,(H,17,20)(H,18,21). The number of hydrogen-bond donors (Lipinski definition) is 3. The first-order valence-electron chi connectivity index (χ1n) is 6.58. The first-order valence-corrected chi connectivity index (χ1v) is 6.58. The van der Waals surface area contributed by atoms with Crippen LogP contribution in [0.3, 0.4) is 0 Å². The van der Waals surface area contributed by atoms with Crippen LogP contribution in [0.5, 0.6) is 5.75 Å². The second-order valence-electron chi connectivity index (χ2n) is 4.50. The molecule has 0 aromatic heterocycles. The van der Waals surface area contributed by atoms with E-state index in [0.717, 1.165) is 0 Å². The summed E-state index contributed by atoms with van der Waals surface area (Å²) in [6.45, 7) is 0. The second kappa shape index (κ2) is 7.09. The van der Waals surface area contributed by atoms with Gasteiger partial charge in [-0.2, -0.15) is 0 Å². The van der Waals surface area contributed by atoms with Crippen LogP contribution in [0.1, 0.15) is 22.3 Å². The maximum atomic E-state index is 11.7. The molecule has 108 valence electrons. The lowest BCUT2D eigenvalue weighted by Crippen LogP contribution is -2.41. The van der Waals surface area contributed by atoms with Crippen LogP contribution in [0.25, 0.3) is 0 Å². The van der Waals surface area contributed by atoms with Crippen molar-refractivity contribution in [1.82, 2.24) is 10.9 Å². The first kappa shape index (κ1) is 14.6. The monoisotopic (exact) mass is 284 g/mol. The predicted molar refractivity (Wildman–Crippen MR) is 78.5 cm³/mol. The van der Waals surface area contributed by atoms with E-state index in [2.05, 4.69) is 10.9 Å². The molecule has 0 spiro atoms. The molecule has 0 heterocycles. The van der Waals surface area contributed by atoms with E-state index in [9.17, 15) is 14.7 Å². The molecule has 0 aliphatic rings. The minimum atomic E-state index is -0.369. The lowest BCUT2D eigenvalue weighted by molar-refractivity contribution is -0.121. The number of aryl methyl sites for hydroxylation is 1. The molecule has 0 unspecified atom stereocenters. The molecule has 2 amide bonds. The van der Waals surface area contributed by atoms with Gasteiger partial charge in [-0.1, -0.05) is 36.4 Å². The number of carbonyl (C=O) groups excluding carboxylic acids is 2. The minimum Gasteiger partial charge on any atom is -0.508 e. The van der Waals surface area contributed by atoms with Gasteiger partial charge in [0.05, 0.1) is 0 Å². The van der Waals surface area contributed by atoms with Gasteiger partial charge in [-0.3, -0.25) is 20.4 Å². The summed E-state index contributed by atoms with van der Waals surface area (Å²) in [4.78, 5) is 23.4. The van der Waals surface area contributed by atoms with E-state index in [1.165, 1.54) is 0 Å². The van der Waals surface area contributed by atoms with Gasteiger partial charge in [0, 0.05) is 12.0 Å². The number of benzene rings is 2. The molecule has 2 aromatic rings. The molecule has 0 saturated carbocycles. The van der Waals surface area contributed by atoms with E-state index in [0.29, 0.717) is 17.5 Å². The number of para-hydroxylation sites is 1. The summed E-state index contributed by atoms with van der Waals surface area (Å²) in [5.74, 6) is -0.521. The van der Waals surface area contributed by atoms with E-state index in [-0.39, 0.29) is 24.0 Å². The van der Waals surface area contributed by atoms with Gasteiger partial charge in [0.1, 0.15) is 5.75 Å². The number of carbonyl (C=O) groups is 2. The topological polar surface area (TPSA) is 78.4 Å². The van der Waals surface area contributed by atoms with Gasteiger partial charge in [0.15, 0.2) is 0 Å². The molecule has 0 radical (unpaired) electrons. The van der Waals surface area contributed by atoms with Crippen molar-refractivity contribution >= 4 is 11.8 Å². The number of phenolic OH excluding ortho intramolecular Hbond substituents is 1. The highest BCUT2D eigenvalue weighted by atomic mass is 16.3. The third-order valence-electron chi connectivity index (χ3n) is 2.96. The van der Waals surface area contributed by atoms with Crippen molar-refractivity contribution in [3.63, 3.8) is 0 Å². The van der Waals surface area contributed by atoms with Gasteiger partial charge in [-0.15, -0.1) is 0 Å². The third kappa shape index (κ3) is 4.35. The molecule has 0 atom stereocenters. The third-order valence-corrected chi connectivity index (χ3v) is 2.96. The summed E-state index contributed by atoms with van der Waals surface area (Å²) in [6.07, 6.45) is 0.576. The molecular formula is C16H16N2O3. The second-order valence-corrected chi connectivity index (χ2v) is 4.50. The molecule has 5 heteroatoms. The Hall–Kier alpha value is -2.82. The highest BCUT2D eigenvalue weighted by molar-refractivity contribution is 5.95. The fourth-order valence-electron chi connectivity index (χ4n) is 1.82. The Morgan fingerprint density at radius 2 is 1.57 bits per heavy atom. The fourth-order valence-corrected chi connectivity index (χ4v) is 1.82. The van der Waals surface area contributed by atoms with Crippen molar-refractivity contribution in [2.45, 2.75) is 12.8 Å². The molecule has 2 aromatic carbocycles. The van der Waals surface area contributed by atoms with E-state index >= 15 is 0 Å². The minimum absolute atomic E-state index is 0.165. The highest BCUT2D eigenvalue weighted by Crippen LogP contribution is 2.16. The van der Waals surface area contributed by atoms with Gasteiger partial charge in [0.2, 0.25) is 5.91 Å². The average Bonchev–Trinajstić information content (AvgIpc) is 2.52. The van der Waals surface area contributed by atoms with Crippen LogP contribution in [0.4, 0.5) is 0 Å². The van der Waals surface area contributed by atoms with Crippen molar-refractivity contribution in [3.8, 4) is 5.75 Å². The molecule has 0 bridgehead atoms. The van der Waals surface area contributed by atoms with Crippen molar-refractivity contribution in [2.75, 3.05) is 0 Å². The molecule has 0 aliphatic heterocycles. The lowest BCUT2D eigenvalue weighted by Gasteiger charge is -2.08. The summed E-state index contributed by atoms with van der Waals surface area (Å²) in [5.41, 5.74) is 5.87. The fraction of sp³-hybridized carbons (Fsp3) is 0.125. The highest BCUT2D eigenvalue weighted by Gasteiger charge is 2.08. The maximum Gasteiger partial charge on any atom is 0.269 e. The Morgan fingerprint density at radius 1 is 0.905 bits per heavy atom. The summed E-state index contributed by atoms with van der Waals surface area (Å²) in [7, 11) is 0. The molecular weight excluding hydrogens is 268 g/mol. The summed E-state index contributed by atoms with van der Waals surface area (Å²) in [5, 5.41) is 9.59. The van der Waals surface area contributed by atoms with Gasteiger partial charge >= 0.3 is 0 Å². The average molecular weight is 284 g/mol. The number of hydrogen-bond acceptors (Lipinski definition) is 3. The Labute approximate surface area is 122 Å². The van der Waals surface area contributed by atoms with E-state index in [1.54, 1.807) is 48.5 Å². The summed E-state index contributed by atoms with van der Waals surface area (Å²) < 4.78 is 0. The van der Waals surface area contributed by atoms with Crippen LogP contribution >= 0.6 is 0 Å². The quantitative estimate of drug-likeness (QED) is 0.749. The summed E-state index contributed by atoms with van der Waals surface area (Å²) >= 11 is 0. The number of nitrogens with one attached hydrogen (secondary N) is 2. The largest absolute Gasteiger partial charge is 0.508 e. The number of hydrazine groups is 1. The van der Waals surface area contributed by atoms with Crippen LogP contribution in [-0.4, -0.2) is 16.9 Å². The number of aromatic hydroxyl groups is 1. The zero-order valence-electron chi connectivity index (χ0n) is 11.4. The molecule has 0 fully saturated rings. The van der Waals surface area contributed by atoms with Crippen molar-refractivity contribution in [2.24, 2.45) is 0 Å². The Morgan fingerprint density at radius 3 is 2.29 bits per heavy atom. The van der Waals surface area contributed by atoms with Crippen LogP contribution in [0.2, 0.25) is 0 Å². The number of rotatable bonds is 4. The van der Waals surface area contributed by atoms with Crippen molar-refractivity contribution in [1.29, 1.82) is 0 Å². The lowest BCUT2D eigenvalue weighted by atomic mass is 10.1.